The summed E-state index contributed by atoms with van der Waals surface area (Å²) in [5.74, 6) is -1.22. The van der Waals surface area contributed by atoms with Gasteiger partial charge in [-0.15, -0.1) is 0 Å². The fourth-order valence-electron chi connectivity index (χ4n) is 3.10. The summed E-state index contributed by atoms with van der Waals surface area (Å²) in [6.07, 6.45) is 15.1. The Hall–Kier alpha value is -1.81. The standard InChI is InChI=1S/C22H34O4/c1-2-3-9-15-19(23)16-11-8-6-4-5-7-10-13-18-14-12-17-20(24)21(18)22(25)26/h11-12,14,16-17,19,23-24H,2-10,13,15H2,1H3,(H,25,26)/t19-/m0/s1. The van der Waals surface area contributed by atoms with Crippen molar-refractivity contribution in [1.29, 1.82) is 0 Å². The molecule has 4 nitrogen and oxygen atoms in total. The Morgan fingerprint density at radius 1 is 1.08 bits per heavy atom. The zero-order chi connectivity index (χ0) is 19.2. The monoisotopic (exact) mass is 362 g/mol. The molecule has 1 atom stereocenters. The Balaban J connectivity index is 2.12. The highest BCUT2D eigenvalue weighted by Crippen LogP contribution is 2.23. The molecule has 0 aromatic heterocycles. The van der Waals surface area contributed by atoms with E-state index in [1.54, 1.807) is 12.1 Å². The first-order valence-electron chi connectivity index (χ1n) is 9.95. The van der Waals surface area contributed by atoms with Crippen LogP contribution in [-0.2, 0) is 6.42 Å². The van der Waals surface area contributed by atoms with Crippen LogP contribution in [0, 0.1) is 0 Å². The van der Waals surface area contributed by atoms with Crippen molar-refractivity contribution in [1.82, 2.24) is 0 Å². The number of hydrogen-bond donors (Lipinski definition) is 3. The van der Waals surface area contributed by atoms with Gasteiger partial charge in [-0.3, -0.25) is 0 Å². The van der Waals surface area contributed by atoms with Crippen LogP contribution in [0.1, 0.15) is 87.1 Å². The maximum absolute atomic E-state index is 11.2. The number of phenols is 1. The van der Waals surface area contributed by atoms with E-state index in [4.69, 9.17) is 0 Å². The minimum atomic E-state index is -1.07. The van der Waals surface area contributed by atoms with Crippen molar-refractivity contribution in [3.05, 3.63) is 41.5 Å². The number of carboxylic acid groups (broad SMARTS) is 1. The molecule has 0 aliphatic carbocycles. The molecule has 0 amide bonds. The first-order valence-corrected chi connectivity index (χ1v) is 9.95. The topological polar surface area (TPSA) is 77.8 Å². The van der Waals surface area contributed by atoms with Gasteiger partial charge in [-0.2, -0.15) is 0 Å². The highest BCUT2D eigenvalue weighted by molar-refractivity contribution is 5.92. The lowest BCUT2D eigenvalue weighted by Gasteiger charge is -2.07. The van der Waals surface area contributed by atoms with Crippen LogP contribution in [0.4, 0.5) is 0 Å². The van der Waals surface area contributed by atoms with E-state index in [1.165, 1.54) is 18.9 Å². The van der Waals surface area contributed by atoms with Gasteiger partial charge in [0.1, 0.15) is 11.3 Å². The van der Waals surface area contributed by atoms with Gasteiger partial charge in [0.25, 0.3) is 0 Å². The molecule has 0 spiro atoms. The van der Waals surface area contributed by atoms with Gasteiger partial charge in [0.05, 0.1) is 6.10 Å². The molecule has 0 saturated carbocycles. The van der Waals surface area contributed by atoms with Crippen molar-refractivity contribution in [2.45, 2.75) is 83.7 Å². The summed E-state index contributed by atoms with van der Waals surface area (Å²) in [5.41, 5.74) is 0.743. The Kier molecular flexibility index (Phi) is 11.5. The lowest BCUT2D eigenvalue weighted by atomic mass is 9.99. The second-order valence-corrected chi connectivity index (χ2v) is 6.91. The lowest BCUT2D eigenvalue weighted by molar-refractivity contribution is 0.0692. The molecule has 3 N–H and O–H groups in total. The molecule has 1 rings (SSSR count). The number of benzene rings is 1. The number of carbonyl (C=O) groups is 1. The quantitative estimate of drug-likeness (QED) is 0.303. The van der Waals surface area contributed by atoms with Gasteiger partial charge in [-0.25, -0.2) is 4.79 Å². The number of aliphatic hydroxyl groups is 1. The number of aryl methyl sites for hydroxylation is 1. The summed E-state index contributed by atoms with van der Waals surface area (Å²) in [4.78, 5) is 11.2. The summed E-state index contributed by atoms with van der Waals surface area (Å²) in [5, 5.41) is 28.7. The summed E-state index contributed by atoms with van der Waals surface area (Å²) < 4.78 is 0. The average Bonchev–Trinajstić information content (AvgIpc) is 2.60. The van der Waals surface area contributed by atoms with Gasteiger partial charge in [0, 0.05) is 0 Å². The molecular weight excluding hydrogens is 328 g/mol. The fourth-order valence-corrected chi connectivity index (χ4v) is 3.10. The van der Waals surface area contributed by atoms with E-state index in [1.807, 2.05) is 6.08 Å². The minimum absolute atomic E-state index is 0.0372. The number of aromatic carboxylic acids is 1. The van der Waals surface area contributed by atoms with Gasteiger partial charge in [0.15, 0.2) is 0 Å². The number of aromatic hydroxyl groups is 1. The van der Waals surface area contributed by atoms with Crippen LogP contribution in [0.25, 0.3) is 0 Å². The maximum Gasteiger partial charge on any atom is 0.339 e. The van der Waals surface area contributed by atoms with Gasteiger partial charge in [-0.05, 0) is 43.7 Å². The number of rotatable bonds is 14. The SMILES string of the molecule is CCCCC[C@H](O)C=CCCCCCCCc1cccc(O)c1C(=O)O. The number of allylic oxidation sites excluding steroid dienone is 1. The average molecular weight is 363 g/mol. The maximum atomic E-state index is 11.2. The van der Waals surface area contributed by atoms with Crippen molar-refractivity contribution in [2.24, 2.45) is 0 Å². The van der Waals surface area contributed by atoms with Crippen molar-refractivity contribution < 1.29 is 20.1 Å². The van der Waals surface area contributed by atoms with Gasteiger partial charge >= 0.3 is 5.97 Å². The molecule has 0 saturated heterocycles. The highest BCUT2D eigenvalue weighted by atomic mass is 16.4. The summed E-state index contributed by atoms with van der Waals surface area (Å²) in [6, 6.07) is 4.89. The summed E-state index contributed by atoms with van der Waals surface area (Å²) in [7, 11) is 0. The molecule has 26 heavy (non-hydrogen) atoms. The predicted octanol–water partition coefficient (Wildman–Crippen LogP) is 5.47. The van der Waals surface area contributed by atoms with Crippen molar-refractivity contribution >= 4 is 5.97 Å². The molecule has 1 aromatic carbocycles. The van der Waals surface area contributed by atoms with Gasteiger partial charge in [0.2, 0.25) is 0 Å². The Labute approximate surface area is 157 Å². The van der Waals surface area contributed by atoms with E-state index in [2.05, 4.69) is 13.0 Å². The molecule has 0 bridgehead atoms. The second-order valence-electron chi connectivity index (χ2n) is 6.91. The third-order valence-electron chi connectivity index (χ3n) is 4.62. The normalized spacial score (nSPS) is 12.5. The molecule has 0 fully saturated rings. The summed E-state index contributed by atoms with van der Waals surface area (Å²) in [6.45, 7) is 2.16. The molecule has 0 aliphatic heterocycles. The van der Waals surface area contributed by atoms with Gasteiger partial charge in [-0.1, -0.05) is 69.7 Å². The molecule has 0 radical (unpaired) electrons. The van der Waals surface area contributed by atoms with Crippen LogP contribution in [-0.4, -0.2) is 27.4 Å². The third-order valence-corrected chi connectivity index (χ3v) is 4.62. The first kappa shape index (κ1) is 22.2. The molecule has 0 aliphatic rings. The molecular formula is C22H34O4. The van der Waals surface area contributed by atoms with Crippen LogP contribution in [0.15, 0.2) is 30.4 Å². The smallest absolute Gasteiger partial charge is 0.339 e. The van der Waals surface area contributed by atoms with Crippen molar-refractivity contribution in [3.63, 3.8) is 0 Å². The van der Waals surface area contributed by atoms with E-state index in [9.17, 15) is 20.1 Å². The fraction of sp³-hybridized carbons (Fsp3) is 0.591. The number of carboxylic acids is 1. The van der Waals surface area contributed by atoms with E-state index >= 15 is 0 Å². The Bertz CT molecular complexity index is 551. The zero-order valence-corrected chi connectivity index (χ0v) is 16.0. The lowest BCUT2D eigenvalue weighted by Crippen LogP contribution is -2.03. The largest absolute Gasteiger partial charge is 0.507 e. The Morgan fingerprint density at radius 3 is 2.54 bits per heavy atom. The molecule has 0 unspecified atom stereocenters. The van der Waals surface area contributed by atoms with Gasteiger partial charge < -0.3 is 15.3 Å². The van der Waals surface area contributed by atoms with Crippen LogP contribution in [0.5, 0.6) is 5.75 Å². The van der Waals surface area contributed by atoms with Crippen LogP contribution < -0.4 is 0 Å². The predicted molar refractivity (Wildman–Crippen MR) is 106 cm³/mol. The van der Waals surface area contributed by atoms with E-state index in [0.717, 1.165) is 51.4 Å². The van der Waals surface area contributed by atoms with Crippen LogP contribution >= 0.6 is 0 Å². The number of hydrogen-bond acceptors (Lipinski definition) is 3. The zero-order valence-electron chi connectivity index (χ0n) is 16.0. The molecule has 146 valence electrons. The van der Waals surface area contributed by atoms with Crippen molar-refractivity contribution in [3.8, 4) is 5.75 Å². The molecule has 1 aromatic rings. The molecule has 4 heteroatoms. The van der Waals surface area contributed by atoms with Crippen LogP contribution in [0.3, 0.4) is 0 Å². The first-order chi connectivity index (χ1) is 12.6. The van der Waals surface area contributed by atoms with E-state index in [-0.39, 0.29) is 17.4 Å². The third kappa shape index (κ3) is 9.04. The summed E-state index contributed by atoms with van der Waals surface area (Å²) >= 11 is 0. The Morgan fingerprint density at radius 2 is 1.81 bits per heavy atom. The van der Waals surface area contributed by atoms with Crippen molar-refractivity contribution in [2.75, 3.05) is 0 Å². The van der Waals surface area contributed by atoms with Crippen LogP contribution in [0.2, 0.25) is 0 Å². The highest BCUT2D eigenvalue weighted by Gasteiger charge is 2.14. The number of unbranched alkanes of at least 4 members (excludes halogenated alkanes) is 7. The second kappa shape index (κ2) is 13.4. The van der Waals surface area contributed by atoms with E-state index < -0.39 is 5.97 Å². The molecule has 0 heterocycles. The minimum Gasteiger partial charge on any atom is -0.507 e. The van der Waals surface area contributed by atoms with E-state index in [0.29, 0.717) is 12.0 Å². The number of aliphatic hydroxyl groups excluding tert-OH is 1.